The highest BCUT2D eigenvalue weighted by Gasteiger charge is 2.48. The van der Waals surface area contributed by atoms with E-state index in [1.165, 1.54) is 22.3 Å². The Balaban J connectivity index is 1.46. The molecule has 0 saturated heterocycles. The summed E-state index contributed by atoms with van der Waals surface area (Å²) in [5, 5.41) is 10.3. The van der Waals surface area contributed by atoms with E-state index in [1.54, 1.807) is 18.3 Å². The van der Waals surface area contributed by atoms with Crippen LogP contribution < -0.4 is 0 Å². The molecule has 7 rings (SSSR count). The number of nitrogens with zero attached hydrogens (tertiary/aromatic N) is 3. The number of hydrogen-bond acceptors (Lipinski definition) is 4. The number of aromatic nitrogens is 4. The van der Waals surface area contributed by atoms with Gasteiger partial charge in [0.15, 0.2) is 0 Å². The molecule has 0 unspecified atom stereocenters. The minimum Gasteiger partial charge on any atom is -0.507 e. The second-order valence-corrected chi connectivity index (χ2v) is 9.13. The van der Waals surface area contributed by atoms with Crippen molar-refractivity contribution in [3.63, 3.8) is 0 Å². The van der Waals surface area contributed by atoms with Crippen molar-refractivity contribution in [1.82, 2.24) is 19.9 Å². The van der Waals surface area contributed by atoms with Crippen molar-refractivity contribution in [3.05, 3.63) is 144 Å². The topological polar surface area (TPSA) is 74.7 Å². The number of aromatic hydroxyl groups is 1. The van der Waals surface area contributed by atoms with E-state index in [2.05, 4.69) is 70.6 Å². The zero-order valence-corrected chi connectivity index (χ0v) is 19.8. The van der Waals surface area contributed by atoms with Gasteiger partial charge in [0.2, 0.25) is 0 Å². The molecule has 0 amide bonds. The number of H-pyrrole nitrogens is 1. The summed E-state index contributed by atoms with van der Waals surface area (Å²) in [4.78, 5) is 18.0. The Hall–Kier alpha value is -5.03. The fourth-order valence-electron chi connectivity index (χ4n) is 5.56. The molecule has 0 radical (unpaired) electrons. The van der Waals surface area contributed by atoms with Crippen LogP contribution >= 0.6 is 0 Å². The molecule has 1 aliphatic rings. The molecule has 6 aromatic rings. The van der Waals surface area contributed by atoms with Gasteiger partial charge in [-0.25, -0.2) is 9.97 Å². The van der Waals surface area contributed by atoms with Gasteiger partial charge in [-0.3, -0.25) is 4.98 Å². The lowest BCUT2D eigenvalue weighted by molar-refractivity contribution is 0.477. The maximum atomic E-state index is 10.3. The van der Waals surface area contributed by atoms with Gasteiger partial charge in [0.25, 0.3) is 0 Å². The molecule has 0 spiro atoms. The van der Waals surface area contributed by atoms with Crippen molar-refractivity contribution < 1.29 is 5.11 Å². The summed E-state index contributed by atoms with van der Waals surface area (Å²) in [6.07, 6.45) is 3.61. The molecular formula is C32H22N4O. The van der Waals surface area contributed by atoms with Gasteiger partial charge < -0.3 is 10.1 Å². The average molecular weight is 479 g/mol. The molecule has 0 saturated carbocycles. The Morgan fingerprint density at radius 1 is 0.595 bits per heavy atom. The SMILES string of the molecule is Oc1ccccc1-c1ncc(-c2cccc(C3(c4ccccn4)c4ccccc4-c4ccccc43)n2)[nH]1. The number of phenols is 1. The Labute approximate surface area is 214 Å². The molecule has 0 atom stereocenters. The third-order valence-electron chi connectivity index (χ3n) is 7.15. The lowest BCUT2D eigenvalue weighted by Gasteiger charge is -2.31. The highest BCUT2D eigenvalue weighted by molar-refractivity contribution is 5.85. The molecule has 0 aliphatic heterocycles. The maximum absolute atomic E-state index is 10.3. The summed E-state index contributed by atoms with van der Waals surface area (Å²) in [5.74, 6) is 0.773. The van der Waals surface area contributed by atoms with Crippen molar-refractivity contribution in [2.45, 2.75) is 5.41 Å². The number of rotatable bonds is 4. The van der Waals surface area contributed by atoms with Crippen LogP contribution in [0.25, 0.3) is 33.9 Å². The van der Waals surface area contributed by atoms with Gasteiger partial charge in [-0.05, 0) is 58.7 Å². The van der Waals surface area contributed by atoms with Gasteiger partial charge in [0.1, 0.15) is 17.0 Å². The third kappa shape index (κ3) is 3.14. The molecule has 0 fully saturated rings. The second kappa shape index (κ2) is 8.28. The summed E-state index contributed by atoms with van der Waals surface area (Å²) in [6, 6.07) is 36.4. The Bertz CT molecular complexity index is 1710. The van der Waals surface area contributed by atoms with E-state index in [0.717, 1.165) is 22.8 Å². The van der Waals surface area contributed by atoms with E-state index in [1.807, 2.05) is 42.6 Å². The number of phenolic OH excluding ortho intramolecular Hbond substituents is 1. The van der Waals surface area contributed by atoms with E-state index in [0.29, 0.717) is 11.4 Å². The van der Waals surface area contributed by atoms with E-state index < -0.39 is 5.41 Å². The fraction of sp³-hybridized carbons (Fsp3) is 0.0312. The molecule has 3 aromatic heterocycles. The summed E-state index contributed by atoms with van der Waals surface area (Å²) in [6.45, 7) is 0. The van der Waals surface area contributed by atoms with Crippen LogP contribution in [0, 0.1) is 0 Å². The van der Waals surface area contributed by atoms with Crippen molar-refractivity contribution in [2.75, 3.05) is 0 Å². The molecule has 0 bridgehead atoms. The van der Waals surface area contributed by atoms with Crippen LogP contribution in [0.15, 0.2) is 122 Å². The Kier molecular flexibility index (Phi) is 4.76. The number of nitrogens with one attached hydrogen (secondary N) is 1. The molecule has 3 heterocycles. The highest BCUT2D eigenvalue weighted by atomic mass is 16.3. The lowest BCUT2D eigenvalue weighted by atomic mass is 9.72. The van der Waals surface area contributed by atoms with Crippen molar-refractivity contribution in [1.29, 1.82) is 0 Å². The van der Waals surface area contributed by atoms with Crippen molar-refractivity contribution in [3.8, 4) is 39.7 Å². The van der Waals surface area contributed by atoms with Gasteiger partial charge in [0.05, 0.1) is 34.5 Å². The van der Waals surface area contributed by atoms with E-state index in [4.69, 9.17) is 9.97 Å². The molecule has 37 heavy (non-hydrogen) atoms. The van der Waals surface area contributed by atoms with Crippen molar-refractivity contribution in [2.24, 2.45) is 0 Å². The first-order chi connectivity index (χ1) is 18.3. The number of imidazole rings is 1. The quantitative estimate of drug-likeness (QED) is 0.299. The summed E-state index contributed by atoms with van der Waals surface area (Å²) >= 11 is 0. The Morgan fingerprint density at radius 3 is 1.95 bits per heavy atom. The largest absolute Gasteiger partial charge is 0.507 e. The third-order valence-corrected chi connectivity index (χ3v) is 7.15. The predicted molar refractivity (Wildman–Crippen MR) is 144 cm³/mol. The summed E-state index contributed by atoms with van der Waals surface area (Å²) in [5.41, 5.74) is 8.06. The number of aromatic amines is 1. The summed E-state index contributed by atoms with van der Waals surface area (Å²) < 4.78 is 0. The van der Waals surface area contributed by atoms with Gasteiger partial charge >= 0.3 is 0 Å². The first-order valence-electron chi connectivity index (χ1n) is 12.2. The van der Waals surface area contributed by atoms with Gasteiger partial charge in [-0.2, -0.15) is 0 Å². The average Bonchev–Trinajstić information content (AvgIpc) is 3.56. The van der Waals surface area contributed by atoms with Crippen LogP contribution in [-0.2, 0) is 5.41 Å². The predicted octanol–water partition coefficient (Wildman–Crippen LogP) is 6.60. The van der Waals surface area contributed by atoms with Crippen LogP contribution in [0.4, 0.5) is 0 Å². The zero-order chi connectivity index (χ0) is 24.8. The lowest BCUT2D eigenvalue weighted by Crippen LogP contribution is -2.31. The van der Waals surface area contributed by atoms with Crippen LogP contribution in [0.3, 0.4) is 0 Å². The maximum Gasteiger partial charge on any atom is 0.141 e. The van der Waals surface area contributed by atoms with Gasteiger partial charge in [-0.1, -0.05) is 72.8 Å². The van der Waals surface area contributed by atoms with Crippen LogP contribution in [-0.4, -0.2) is 25.0 Å². The number of para-hydroxylation sites is 1. The van der Waals surface area contributed by atoms with E-state index in [9.17, 15) is 5.11 Å². The molecule has 3 aromatic carbocycles. The minimum atomic E-state index is -0.662. The molecule has 2 N–H and O–H groups in total. The van der Waals surface area contributed by atoms with E-state index >= 15 is 0 Å². The second-order valence-electron chi connectivity index (χ2n) is 9.13. The summed E-state index contributed by atoms with van der Waals surface area (Å²) in [7, 11) is 0. The number of benzene rings is 3. The van der Waals surface area contributed by atoms with Gasteiger partial charge in [0, 0.05) is 6.20 Å². The number of fused-ring (bicyclic) bond motifs is 3. The number of hydrogen-bond donors (Lipinski definition) is 2. The minimum absolute atomic E-state index is 0.179. The molecule has 1 aliphatic carbocycles. The first kappa shape index (κ1) is 21.3. The normalized spacial score (nSPS) is 13.2. The van der Waals surface area contributed by atoms with E-state index in [-0.39, 0.29) is 5.75 Å². The van der Waals surface area contributed by atoms with Crippen LogP contribution in [0.1, 0.15) is 22.5 Å². The highest BCUT2D eigenvalue weighted by Crippen LogP contribution is 2.55. The fourth-order valence-corrected chi connectivity index (χ4v) is 5.56. The standard InChI is InChI=1S/C32H22N4O/c37-28-16-6-3-12-23(28)31-34-20-27(36-31)26-15-9-18-30(35-26)32(29-17-7-8-19-33-29)24-13-4-1-10-21(24)22-11-2-5-14-25(22)32/h1-20,37H,(H,34,36). The molecular weight excluding hydrogens is 456 g/mol. The molecule has 5 heteroatoms. The smallest absolute Gasteiger partial charge is 0.141 e. The van der Waals surface area contributed by atoms with Gasteiger partial charge in [-0.15, -0.1) is 0 Å². The number of pyridine rings is 2. The molecule has 176 valence electrons. The van der Waals surface area contributed by atoms with Crippen molar-refractivity contribution >= 4 is 0 Å². The van der Waals surface area contributed by atoms with Crippen LogP contribution in [0.2, 0.25) is 0 Å². The first-order valence-corrected chi connectivity index (χ1v) is 12.2. The van der Waals surface area contributed by atoms with Crippen LogP contribution in [0.5, 0.6) is 5.75 Å². The zero-order valence-electron chi connectivity index (χ0n) is 19.8. The molecule has 5 nitrogen and oxygen atoms in total. The Morgan fingerprint density at radius 2 is 1.24 bits per heavy atom. The monoisotopic (exact) mass is 478 g/mol.